The summed E-state index contributed by atoms with van der Waals surface area (Å²) in [6, 6.07) is 4.03. The van der Waals surface area contributed by atoms with E-state index in [0.29, 0.717) is 0 Å². The summed E-state index contributed by atoms with van der Waals surface area (Å²) in [5, 5.41) is 0. The van der Waals surface area contributed by atoms with Crippen LogP contribution in [-0.4, -0.2) is 13.0 Å². The van der Waals surface area contributed by atoms with Crippen molar-refractivity contribution in [2.75, 3.05) is 6.67 Å². The van der Waals surface area contributed by atoms with Crippen LogP contribution in [0.25, 0.3) is 0 Å². The molecule has 1 atom stereocenters. The Hall–Kier alpha value is -1.01. The molecular weight excluding hydrogens is 250 g/mol. The van der Waals surface area contributed by atoms with Crippen LogP contribution in [-0.2, 0) is 0 Å². The number of rotatable bonds is 3. The quantitative estimate of drug-likeness (QED) is 0.847. The molecule has 1 aromatic carbocycles. The SMILES string of the molecule is Cl.N[C@@H](CF)c1cccc(OC(F)(F)F)c1. The summed E-state index contributed by atoms with van der Waals surface area (Å²) >= 11 is 0. The lowest BCUT2D eigenvalue weighted by atomic mass is 10.1. The third kappa shape index (κ3) is 4.67. The van der Waals surface area contributed by atoms with E-state index in [-0.39, 0.29) is 18.0 Å². The zero-order valence-electron chi connectivity index (χ0n) is 8.00. The molecule has 1 aromatic rings. The molecule has 0 aliphatic carbocycles. The van der Waals surface area contributed by atoms with Gasteiger partial charge in [-0.1, -0.05) is 12.1 Å². The van der Waals surface area contributed by atoms with E-state index in [9.17, 15) is 17.6 Å². The fraction of sp³-hybridized carbons (Fsp3) is 0.333. The van der Waals surface area contributed by atoms with E-state index in [1.165, 1.54) is 12.1 Å². The number of ether oxygens (including phenoxy) is 1. The maximum atomic E-state index is 12.2. The van der Waals surface area contributed by atoms with Crippen LogP contribution >= 0.6 is 12.4 Å². The summed E-state index contributed by atoms with van der Waals surface area (Å²) in [5.41, 5.74) is 5.58. The molecule has 0 bridgehead atoms. The number of hydrogen-bond acceptors (Lipinski definition) is 2. The molecule has 0 aliphatic rings. The molecule has 0 saturated carbocycles. The van der Waals surface area contributed by atoms with Gasteiger partial charge in [0.25, 0.3) is 0 Å². The first-order valence-electron chi connectivity index (χ1n) is 4.09. The highest BCUT2D eigenvalue weighted by atomic mass is 35.5. The third-order valence-electron chi connectivity index (χ3n) is 1.69. The fourth-order valence-electron chi connectivity index (χ4n) is 1.03. The lowest BCUT2D eigenvalue weighted by Crippen LogP contribution is -2.18. The Morgan fingerprint density at radius 2 is 1.94 bits per heavy atom. The maximum absolute atomic E-state index is 12.2. The van der Waals surface area contributed by atoms with Crippen LogP contribution in [0.2, 0.25) is 0 Å². The van der Waals surface area contributed by atoms with Crippen molar-refractivity contribution >= 4 is 12.4 Å². The molecule has 0 amide bonds. The van der Waals surface area contributed by atoms with Crippen molar-refractivity contribution in [3.05, 3.63) is 29.8 Å². The van der Waals surface area contributed by atoms with Gasteiger partial charge in [0.05, 0.1) is 6.04 Å². The zero-order chi connectivity index (χ0) is 11.5. The van der Waals surface area contributed by atoms with E-state index in [0.717, 1.165) is 12.1 Å². The Kier molecular flexibility index (Phi) is 5.53. The minimum Gasteiger partial charge on any atom is -0.406 e. The smallest absolute Gasteiger partial charge is 0.406 e. The van der Waals surface area contributed by atoms with Gasteiger partial charge in [0.1, 0.15) is 12.4 Å². The highest BCUT2D eigenvalue weighted by Crippen LogP contribution is 2.24. The van der Waals surface area contributed by atoms with Crippen molar-refractivity contribution in [1.29, 1.82) is 0 Å². The molecule has 92 valence electrons. The van der Waals surface area contributed by atoms with Crippen molar-refractivity contribution < 1.29 is 22.3 Å². The van der Waals surface area contributed by atoms with E-state index in [1.54, 1.807) is 0 Å². The monoisotopic (exact) mass is 259 g/mol. The van der Waals surface area contributed by atoms with Crippen LogP contribution in [0.4, 0.5) is 17.6 Å². The van der Waals surface area contributed by atoms with Crippen molar-refractivity contribution in [3.63, 3.8) is 0 Å². The van der Waals surface area contributed by atoms with E-state index < -0.39 is 24.8 Å². The van der Waals surface area contributed by atoms with Crippen molar-refractivity contribution in [3.8, 4) is 5.75 Å². The van der Waals surface area contributed by atoms with Gasteiger partial charge < -0.3 is 10.5 Å². The Morgan fingerprint density at radius 3 is 2.44 bits per heavy atom. The molecule has 2 N–H and O–H groups in total. The molecule has 2 nitrogen and oxygen atoms in total. The van der Waals surface area contributed by atoms with Crippen molar-refractivity contribution in [2.24, 2.45) is 5.73 Å². The molecule has 0 saturated heterocycles. The summed E-state index contributed by atoms with van der Waals surface area (Å²) in [7, 11) is 0. The van der Waals surface area contributed by atoms with Crippen LogP contribution in [0.15, 0.2) is 24.3 Å². The number of hydrogen-bond donors (Lipinski definition) is 1. The van der Waals surface area contributed by atoms with Crippen molar-refractivity contribution in [1.82, 2.24) is 0 Å². The van der Waals surface area contributed by atoms with Crippen molar-refractivity contribution in [2.45, 2.75) is 12.4 Å². The lowest BCUT2D eigenvalue weighted by molar-refractivity contribution is -0.274. The first kappa shape index (κ1) is 15.0. The molecular formula is C9H10ClF4NO. The normalized spacial score (nSPS) is 12.8. The summed E-state index contributed by atoms with van der Waals surface area (Å²) < 4.78 is 51.3. The molecule has 0 aromatic heterocycles. The number of alkyl halides is 4. The first-order chi connectivity index (χ1) is 6.92. The summed E-state index contributed by atoms with van der Waals surface area (Å²) in [6.45, 7) is -0.838. The van der Waals surface area contributed by atoms with Gasteiger partial charge >= 0.3 is 6.36 Å². The number of halogens is 5. The minimum absolute atomic E-state index is 0. The Balaban J connectivity index is 0.00000225. The molecule has 7 heteroatoms. The first-order valence-corrected chi connectivity index (χ1v) is 4.09. The Morgan fingerprint density at radius 1 is 1.31 bits per heavy atom. The van der Waals surface area contributed by atoms with Gasteiger partial charge in [0.15, 0.2) is 0 Å². The lowest BCUT2D eigenvalue weighted by Gasteiger charge is -2.12. The fourth-order valence-corrected chi connectivity index (χ4v) is 1.03. The summed E-state index contributed by atoms with van der Waals surface area (Å²) in [6.07, 6.45) is -4.75. The van der Waals surface area contributed by atoms with Gasteiger partial charge in [-0.15, -0.1) is 25.6 Å². The van der Waals surface area contributed by atoms with Crippen LogP contribution in [0, 0.1) is 0 Å². The molecule has 0 heterocycles. The maximum Gasteiger partial charge on any atom is 0.573 e. The van der Waals surface area contributed by atoms with Gasteiger partial charge in [-0.05, 0) is 17.7 Å². The highest BCUT2D eigenvalue weighted by molar-refractivity contribution is 5.85. The Labute approximate surface area is 95.8 Å². The van der Waals surface area contributed by atoms with E-state index in [1.807, 2.05) is 0 Å². The van der Waals surface area contributed by atoms with Crippen LogP contribution in [0.5, 0.6) is 5.75 Å². The van der Waals surface area contributed by atoms with E-state index in [4.69, 9.17) is 5.73 Å². The number of benzene rings is 1. The second-order valence-electron chi connectivity index (χ2n) is 2.88. The highest BCUT2D eigenvalue weighted by Gasteiger charge is 2.31. The van der Waals surface area contributed by atoms with Crippen LogP contribution in [0.1, 0.15) is 11.6 Å². The van der Waals surface area contributed by atoms with Gasteiger partial charge in [-0.25, -0.2) is 4.39 Å². The molecule has 0 aliphatic heterocycles. The van der Waals surface area contributed by atoms with Gasteiger partial charge in [-0.3, -0.25) is 0 Å². The van der Waals surface area contributed by atoms with Gasteiger partial charge in [-0.2, -0.15) is 0 Å². The molecule has 0 radical (unpaired) electrons. The average molecular weight is 260 g/mol. The second kappa shape index (κ2) is 5.91. The number of nitrogens with two attached hydrogens (primary N) is 1. The molecule has 0 unspecified atom stereocenters. The topological polar surface area (TPSA) is 35.2 Å². The zero-order valence-corrected chi connectivity index (χ0v) is 8.82. The third-order valence-corrected chi connectivity index (χ3v) is 1.69. The summed E-state index contributed by atoms with van der Waals surface area (Å²) in [4.78, 5) is 0. The predicted molar refractivity (Wildman–Crippen MR) is 53.3 cm³/mol. The Bertz CT molecular complexity index is 332. The molecule has 0 spiro atoms. The minimum atomic E-state index is -4.75. The van der Waals surface area contributed by atoms with Crippen LogP contribution in [0.3, 0.4) is 0 Å². The molecule has 1 rings (SSSR count). The van der Waals surface area contributed by atoms with E-state index >= 15 is 0 Å². The van der Waals surface area contributed by atoms with Crippen LogP contribution < -0.4 is 10.5 Å². The molecule has 0 fully saturated rings. The van der Waals surface area contributed by atoms with E-state index in [2.05, 4.69) is 4.74 Å². The standard InChI is InChI=1S/C9H9F4NO.ClH/c10-5-8(14)6-2-1-3-7(4-6)15-9(11,12)13;/h1-4,8H,5,14H2;1H/t8-;/m0./s1. The van der Waals surface area contributed by atoms with Gasteiger partial charge in [0.2, 0.25) is 0 Å². The second-order valence-corrected chi connectivity index (χ2v) is 2.88. The predicted octanol–water partition coefficient (Wildman–Crippen LogP) is 2.98. The van der Waals surface area contributed by atoms with Gasteiger partial charge in [0, 0.05) is 0 Å². The summed E-state index contributed by atoms with van der Waals surface area (Å²) in [5.74, 6) is -0.399. The largest absolute Gasteiger partial charge is 0.573 e. The average Bonchev–Trinajstić information content (AvgIpc) is 2.14. The molecule has 16 heavy (non-hydrogen) atoms.